The molecule has 126 valence electrons. The molecule has 25 heavy (non-hydrogen) atoms. The lowest BCUT2D eigenvalue weighted by Crippen LogP contribution is -1.95. The summed E-state index contributed by atoms with van der Waals surface area (Å²) in [5.41, 5.74) is 3.13. The van der Waals surface area contributed by atoms with Crippen molar-refractivity contribution in [3.8, 4) is 22.0 Å². The zero-order valence-electron chi connectivity index (χ0n) is 13.2. The van der Waals surface area contributed by atoms with Crippen LogP contribution < -0.4 is 0 Å². The Morgan fingerprint density at radius 1 is 1.16 bits per heavy atom. The van der Waals surface area contributed by atoms with E-state index in [2.05, 4.69) is 32.4 Å². The molecule has 0 spiro atoms. The summed E-state index contributed by atoms with van der Waals surface area (Å²) < 4.78 is 1.97. The Morgan fingerprint density at radius 2 is 2.04 bits per heavy atom. The van der Waals surface area contributed by atoms with Crippen LogP contribution in [0.25, 0.3) is 22.0 Å². The number of thioether (sulfide) groups is 1. The molecule has 3 aromatic heterocycles. The summed E-state index contributed by atoms with van der Waals surface area (Å²) in [5, 5.41) is 17.5. The molecule has 8 heteroatoms. The van der Waals surface area contributed by atoms with E-state index in [4.69, 9.17) is 16.6 Å². The van der Waals surface area contributed by atoms with Gasteiger partial charge in [0, 0.05) is 34.7 Å². The summed E-state index contributed by atoms with van der Waals surface area (Å²) in [6.45, 7) is 0. The largest absolute Gasteiger partial charge is 0.305 e. The number of nitrogens with zero attached hydrogens (tertiary/aromatic N) is 4. The summed E-state index contributed by atoms with van der Waals surface area (Å²) >= 11 is 11.3. The first-order valence-corrected chi connectivity index (χ1v) is 10.6. The average molecular weight is 405 g/mol. The van der Waals surface area contributed by atoms with Crippen LogP contribution in [-0.4, -0.2) is 19.7 Å². The molecule has 0 N–H and O–H groups in total. The number of rotatable bonds is 5. The summed E-state index contributed by atoms with van der Waals surface area (Å²) in [5.74, 6) is 1.53. The zero-order chi connectivity index (χ0) is 17.2. The first-order valence-electron chi connectivity index (χ1n) is 7.46. The Morgan fingerprint density at radius 3 is 2.84 bits per heavy atom. The van der Waals surface area contributed by atoms with E-state index in [0.29, 0.717) is 5.02 Å². The fourth-order valence-corrected chi connectivity index (χ4v) is 5.01. The third-order valence-electron chi connectivity index (χ3n) is 3.62. The highest BCUT2D eigenvalue weighted by Gasteiger charge is 2.14. The molecule has 0 aliphatic carbocycles. The van der Waals surface area contributed by atoms with Gasteiger partial charge in [-0.15, -0.1) is 21.5 Å². The van der Waals surface area contributed by atoms with Crippen molar-refractivity contribution in [2.24, 2.45) is 7.05 Å². The molecule has 3 heterocycles. The molecule has 0 radical (unpaired) electrons. The molecule has 0 amide bonds. The summed E-state index contributed by atoms with van der Waals surface area (Å²) in [7, 11) is 1.96. The van der Waals surface area contributed by atoms with E-state index in [1.807, 2.05) is 35.9 Å². The van der Waals surface area contributed by atoms with Crippen LogP contribution >= 0.6 is 46.0 Å². The zero-order valence-corrected chi connectivity index (χ0v) is 16.4. The maximum absolute atomic E-state index is 6.27. The highest BCUT2D eigenvalue weighted by atomic mass is 35.5. The van der Waals surface area contributed by atoms with Gasteiger partial charge >= 0.3 is 0 Å². The maximum atomic E-state index is 6.27. The molecule has 1 aromatic carbocycles. The maximum Gasteiger partial charge on any atom is 0.191 e. The van der Waals surface area contributed by atoms with E-state index in [9.17, 15) is 0 Å². The summed E-state index contributed by atoms with van der Waals surface area (Å²) in [6.07, 6.45) is 0. The van der Waals surface area contributed by atoms with Gasteiger partial charge in [0.2, 0.25) is 0 Å². The van der Waals surface area contributed by atoms with Gasteiger partial charge in [-0.05, 0) is 23.6 Å². The average Bonchev–Trinajstić information content (AvgIpc) is 3.35. The highest BCUT2D eigenvalue weighted by Crippen LogP contribution is 2.31. The van der Waals surface area contributed by atoms with E-state index in [0.717, 1.165) is 33.0 Å². The minimum Gasteiger partial charge on any atom is -0.305 e. The van der Waals surface area contributed by atoms with Crippen LogP contribution in [0.5, 0.6) is 0 Å². The first-order chi connectivity index (χ1) is 12.2. The molecule has 0 fully saturated rings. The van der Waals surface area contributed by atoms with E-state index < -0.39 is 0 Å². The number of hydrogen-bond donors (Lipinski definition) is 0. The molecule has 4 aromatic rings. The van der Waals surface area contributed by atoms with Gasteiger partial charge in [0.15, 0.2) is 11.0 Å². The number of benzene rings is 1. The molecule has 0 atom stereocenters. The van der Waals surface area contributed by atoms with Crippen molar-refractivity contribution >= 4 is 46.0 Å². The predicted octanol–water partition coefficient (Wildman–Crippen LogP) is 5.61. The smallest absolute Gasteiger partial charge is 0.191 e. The van der Waals surface area contributed by atoms with Crippen molar-refractivity contribution in [2.45, 2.75) is 10.9 Å². The van der Waals surface area contributed by atoms with Crippen LogP contribution in [-0.2, 0) is 12.8 Å². The molecule has 4 nitrogen and oxygen atoms in total. The number of aromatic nitrogens is 4. The van der Waals surface area contributed by atoms with Crippen LogP contribution in [0.3, 0.4) is 0 Å². The van der Waals surface area contributed by atoms with E-state index in [1.54, 1.807) is 34.4 Å². The van der Waals surface area contributed by atoms with Crippen molar-refractivity contribution in [1.29, 1.82) is 0 Å². The van der Waals surface area contributed by atoms with Crippen molar-refractivity contribution in [2.75, 3.05) is 0 Å². The fraction of sp³-hybridized carbons (Fsp3) is 0.118. The third kappa shape index (κ3) is 3.50. The molecule has 0 saturated heterocycles. The van der Waals surface area contributed by atoms with Gasteiger partial charge in [-0.3, -0.25) is 0 Å². The second kappa shape index (κ2) is 7.29. The van der Waals surface area contributed by atoms with Gasteiger partial charge in [-0.1, -0.05) is 35.5 Å². The molecule has 0 saturated carbocycles. The summed E-state index contributed by atoms with van der Waals surface area (Å²) in [6, 6.07) is 9.77. The quantitative estimate of drug-likeness (QED) is 0.405. The van der Waals surface area contributed by atoms with Crippen LogP contribution in [0, 0.1) is 0 Å². The monoisotopic (exact) mass is 404 g/mol. The van der Waals surface area contributed by atoms with Crippen LogP contribution in [0.1, 0.15) is 5.69 Å². The highest BCUT2D eigenvalue weighted by molar-refractivity contribution is 7.98. The van der Waals surface area contributed by atoms with Crippen molar-refractivity contribution in [1.82, 2.24) is 19.7 Å². The van der Waals surface area contributed by atoms with Gasteiger partial charge < -0.3 is 4.57 Å². The van der Waals surface area contributed by atoms with Crippen molar-refractivity contribution in [3.63, 3.8) is 0 Å². The molecular weight excluding hydrogens is 392 g/mol. The van der Waals surface area contributed by atoms with Crippen molar-refractivity contribution < 1.29 is 0 Å². The van der Waals surface area contributed by atoms with Gasteiger partial charge in [-0.25, -0.2) is 4.98 Å². The van der Waals surface area contributed by atoms with E-state index >= 15 is 0 Å². The number of thiophene rings is 1. The summed E-state index contributed by atoms with van der Waals surface area (Å²) in [4.78, 5) is 4.70. The topological polar surface area (TPSA) is 43.6 Å². The SMILES string of the molecule is Cn1c(SCc2csc(-c3ccsc3)n2)nnc1-c1ccccc1Cl. The van der Waals surface area contributed by atoms with Gasteiger partial charge in [0.25, 0.3) is 0 Å². The standard InChI is InChI=1S/C17H13ClN4S3/c1-22-15(13-4-2-3-5-14(13)18)20-21-17(22)25-10-12-9-24-16(19-12)11-6-7-23-8-11/h2-9H,10H2,1H3. The predicted molar refractivity (Wildman–Crippen MR) is 106 cm³/mol. The van der Waals surface area contributed by atoms with Gasteiger partial charge in [0.1, 0.15) is 5.01 Å². The Hall–Kier alpha value is -1.67. The van der Waals surface area contributed by atoms with E-state index in [-0.39, 0.29) is 0 Å². The minimum absolute atomic E-state index is 0.675. The lowest BCUT2D eigenvalue weighted by atomic mass is 10.2. The molecule has 0 unspecified atom stereocenters. The Bertz CT molecular complexity index is 991. The van der Waals surface area contributed by atoms with Crippen molar-refractivity contribution in [3.05, 3.63) is 57.2 Å². The second-order valence-corrected chi connectivity index (χ2v) is 8.28. The number of halogens is 1. The van der Waals surface area contributed by atoms with Crippen LogP contribution in [0.15, 0.2) is 51.6 Å². The molecule has 4 rings (SSSR count). The van der Waals surface area contributed by atoms with Gasteiger partial charge in [0.05, 0.1) is 10.7 Å². The molecule has 0 aliphatic heterocycles. The van der Waals surface area contributed by atoms with Crippen LogP contribution in [0.2, 0.25) is 5.02 Å². The van der Waals surface area contributed by atoms with Crippen LogP contribution in [0.4, 0.5) is 0 Å². The Balaban J connectivity index is 1.50. The number of thiazole rings is 1. The lowest BCUT2D eigenvalue weighted by molar-refractivity contribution is 0.793. The molecule has 0 aliphatic rings. The first kappa shape index (κ1) is 16.8. The third-order valence-corrected chi connectivity index (χ3v) is 6.63. The Labute approximate surface area is 162 Å². The van der Waals surface area contributed by atoms with Gasteiger partial charge in [-0.2, -0.15) is 11.3 Å². The number of hydrogen-bond acceptors (Lipinski definition) is 6. The molecule has 0 bridgehead atoms. The fourth-order valence-electron chi connectivity index (χ4n) is 2.35. The second-order valence-electron chi connectivity index (χ2n) is 5.29. The van der Waals surface area contributed by atoms with E-state index in [1.165, 1.54) is 5.56 Å². The Kier molecular flexibility index (Phi) is 4.89. The lowest BCUT2D eigenvalue weighted by Gasteiger charge is -2.04. The molecular formula is C17H13ClN4S3. The normalized spacial score (nSPS) is 11.1. The minimum atomic E-state index is 0.675.